The average molecular weight is 255 g/mol. The number of aliphatic hydroxyl groups excluding tert-OH is 1. The van der Waals surface area contributed by atoms with Crippen molar-refractivity contribution < 1.29 is 9.90 Å². The summed E-state index contributed by atoms with van der Waals surface area (Å²) in [6, 6.07) is 16.9. The Hall–Kier alpha value is -2.13. The third-order valence-corrected chi connectivity index (χ3v) is 3.02. The van der Waals surface area contributed by atoms with Crippen molar-refractivity contribution in [3.8, 4) is 0 Å². The minimum atomic E-state index is -0.541. The lowest BCUT2D eigenvalue weighted by Crippen LogP contribution is -2.23. The van der Waals surface area contributed by atoms with Gasteiger partial charge in [0.15, 0.2) is 0 Å². The molecule has 1 atom stereocenters. The van der Waals surface area contributed by atoms with Gasteiger partial charge in [-0.25, -0.2) is 0 Å². The molecule has 0 spiro atoms. The summed E-state index contributed by atoms with van der Waals surface area (Å²) < 4.78 is 0. The average Bonchev–Trinajstić information content (AvgIpc) is 2.43. The molecule has 0 aliphatic heterocycles. The Morgan fingerprint density at radius 1 is 1.11 bits per heavy atom. The number of carbonyl (C=O) groups excluding carboxylic acids is 1. The van der Waals surface area contributed by atoms with Gasteiger partial charge >= 0.3 is 0 Å². The van der Waals surface area contributed by atoms with Crippen LogP contribution in [0.15, 0.2) is 54.6 Å². The number of nitrogens with one attached hydrogen (secondary N) is 1. The molecule has 0 bridgehead atoms. The second-order valence-corrected chi connectivity index (χ2v) is 4.50. The fraction of sp³-hybridized carbons (Fsp3) is 0.188. The number of para-hydroxylation sites is 1. The van der Waals surface area contributed by atoms with Crippen LogP contribution in [0.1, 0.15) is 17.0 Å². The van der Waals surface area contributed by atoms with Gasteiger partial charge in [-0.05, 0) is 24.6 Å². The molecule has 3 nitrogen and oxygen atoms in total. The Balaban J connectivity index is 2.13. The van der Waals surface area contributed by atoms with E-state index in [1.54, 1.807) is 0 Å². The predicted molar refractivity (Wildman–Crippen MR) is 76.1 cm³/mol. The van der Waals surface area contributed by atoms with Crippen LogP contribution in [0.5, 0.6) is 0 Å². The maximum Gasteiger partial charge on any atom is 0.234 e. The minimum absolute atomic E-state index is 0.197. The van der Waals surface area contributed by atoms with Crippen LogP contribution in [-0.2, 0) is 4.79 Å². The van der Waals surface area contributed by atoms with Crippen LogP contribution in [-0.4, -0.2) is 17.6 Å². The summed E-state index contributed by atoms with van der Waals surface area (Å²) in [6.45, 7) is 1.78. The molecular formula is C16H17NO2. The van der Waals surface area contributed by atoms with Gasteiger partial charge < -0.3 is 10.4 Å². The fourth-order valence-corrected chi connectivity index (χ4v) is 1.89. The second kappa shape index (κ2) is 6.16. The van der Waals surface area contributed by atoms with Crippen LogP contribution in [0.2, 0.25) is 0 Å². The monoisotopic (exact) mass is 255 g/mol. The van der Waals surface area contributed by atoms with E-state index in [1.165, 1.54) is 0 Å². The van der Waals surface area contributed by atoms with Crippen LogP contribution in [0.3, 0.4) is 0 Å². The highest BCUT2D eigenvalue weighted by molar-refractivity contribution is 5.95. The van der Waals surface area contributed by atoms with Crippen molar-refractivity contribution in [3.05, 3.63) is 65.7 Å². The molecule has 0 fully saturated rings. The number of hydrogen-bond donors (Lipinski definition) is 2. The Kier molecular flexibility index (Phi) is 4.31. The zero-order valence-corrected chi connectivity index (χ0v) is 10.8. The van der Waals surface area contributed by atoms with E-state index in [1.807, 2.05) is 61.5 Å². The predicted octanol–water partition coefficient (Wildman–Crippen LogP) is 2.71. The normalized spacial score (nSPS) is 11.9. The first-order valence-electron chi connectivity index (χ1n) is 6.24. The molecule has 0 radical (unpaired) electrons. The van der Waals surface area contributed by atoms with E-state index < -0.39 is 5.92 Å². The summed E-state index contributed by atoms with van der Waals surface area (Å²) in [6.07, 6.45) is 0. The van der Waals surface area contributed by atoms with Gasteiger partial charge in [-0.3, -0.25) is 4.79 Å². The molecule has 0 heterocycles. The standard InChI is InChI=1S/C16H17NO2/c1-12-7-9-13(10-8-12)15(11-18)16(19)17-14-5-3-2-4-6-14/h2-10,15,18H,11H2,1H3,(H,17,19)/t15-/m1/s1. The number of aryl methyl sites for hydroxylation is 1. The van der Waals surface area contributed by atoms with Gasteiger partial charge in [0, 0.05) is 5.69 Å². The van der Waals surface area contributed by atoms with Crippen LogP contribution in [0.4, 0.5) is 5.69 Å². The quantitative estimate of drug-likeness (QED) is 0.882. The van der Waals surface area contributed by atoms with Crippen LogP contribution in [0, 0.1) is 6.92 Å². The summed E-state index contributed by atoms with van der Waals surface area (Å²) in [5.41, 5.74) is 2.68. The molecule has 2 N–H and O–H groups in total. The lowest BCUT2D eigenvalue weighted by molar-refractivity contribution is -0.118. The van der Waals surface area contributed by atoms with E-state index >= 15 is 0 Å². The van der Waals surface area contributed by atoms with Crippen molar-refractivity contribution in [1.29, 1.82) is 0 Å². The molecule has 98 valence electrons. The van der Waals surface area contributed by atoms with Gasteiger partial charge in [0.1, 0.15) is 0 Å². The minimum Gasteiger partial charge on any atom is -0.395 e. The molecule has 0 saturated carbocycles. The van der Waals surface area contributed by atoms with E-state index in [0.29, 0.717) is 0 Å². The largest absolute Gasteiger partial charge is 0.395 e. The first-order valence-corrected chi connectivity index (χ1v) is 6.24. The molecule has 19 heavy (non-hydrogen) atoms. The molecule has 0 saturated heterocycles. The van der Waals surface area contributed by atoms with Gasteiger partial charge in [0.25, 0.3) is 0 Å². The molecule has 2 aromatic carbocycles. The van der Waals surface area contributed by atoms with Crippen LogP contribution in [0.25, 0.3) is 0 Å². The zero-order chi connectivity index (χ0) is 13.7. The first-order chi connectivity index (χ1) is 9.20. The van der Waals surface area contributed by atoms with Gasteiger partial charge in [-0.1, -0.05) is 48.0 Å². The van der Waals surface area contributed by atoms with Gasteiger partial charge in [0.2, 0.25) is 5.91 Å². The Morgan fingerprint density at radius 2 is 1.74 bits per heavy atom. The number of benzene rings is 2. The Bertz CT molecular complexity index is 534. The van der Waals surface area contributed by atoms with E-state index in [9.17, 15) is 9.90 Å². The molecule has 1 amide bonds. The third kappa shape index (κ3) is 3.42. The lowest BCUT2D eigenvalue weighted by atomic mass is 9.98. The summed E-state index contributed by atoms with van der Waals surface area (Å²) in [7, 11) is 0. The third-order valence-electron chi connectivity index (χ3n) is 3.02. The van der Waals surface area contributed by atoms with Gasteiger partial charge in [0.05, 0.1) is 12.5 Å². The summed E-state index contributed by atoms with van der Waals surface area (Å²) in [5.74, 6) is -0.738. The number of aliphatic hydroxyl groups is 1. The van der Waals surface area contributed by atoms with E-state index in [0.717, 1.165) is 16.8 Å². The van der Waals surface area contributed by atoms with Crippen molar-refractivity contribution in [3.63, 3.8) is 0 Å². The van der Waals surface area contributed by atoms with Crippen LogP contribution >= 0.6 is 0 Å². The topological polar surface area (TPSA) is 49.3 Å². The Labute approximate surface area is 112 Å². The Morgan fingerprint density at radius 3 is 2.32 bits per heavy atom. The first kappa shape index (κ1) is 13.3. The number of anilines is 1. The number of rotatable bonds is 4. The SMILES string of the molecule is Cc1ccc([C@@H](CO)C(=O)Nc2ccccc2)cc1. The molecule has 0 aliphatic rings. The van der Waals surface area contributed by atoms with Crippen molar-refractivity contribution in [2.24, 2.45) is 0 Å². The van der Waals surface area contributed by atoms with Crippen molar-refractivity contribution in [1.82, 2.24) is 0 Å². The van der Waals surface area contributed by atoms with E-state index in [2.05, 4.69) is 5.32 Å². The highest BCUT2D eigenvalue weighted by Gasteiger charge is 2.19. The van der Waals surface area contributed by atoms with Crippen molar-refractivity contribution >= 4 is 11.6 Å². The van der Waals surface area contributed by atoms with E-state index in [-0.39, 0.29) is 12.5 Å². The molecule has 0 unspecified atom stereocenters. The fourth-order valence-electron chi connectivity index (χ4n) is 1.89. The highest BCUT2D eigenvalue weighted by Crippen LogP contribution is 2.18. The van der Waals surface area contributed by atoms with Gasteiger partial charge in [-0.2, -0.15) is 0 Å². The van der Waals surface area contributed by atoms with Crippen molar-refractivity contribution in [2.45, 2.75) is 12.8 Å². The molecule has 0 aromatic heterocycles. The number of amides is 1. The summed E-state index contributed by atoms with van der Waals surface area (Å²) in [4.78, 5) is 12.2. The molecular weight excluding hydrogens is 238 g/mol. The smallest absolute Gasteiger partial charge is 0.234 e. The second-order valence-electron chi connectivity index (χ2n) is 4.50. The lowest BCUT2D eigenvalue weighted by Gasteiger charge is -2.15. The maximum atomic E-state index is 12.2. The van der Waals surface area contributed by atoms with Crippen molar-refractivity contribution in [2.75, 3.05) is 11.9 Å². The van der Waals surface area contributed by atoms with Gasteiger partial charge in [-0.15, -0.1) is 0 Å². The zero-order valence-electron chi connectivity index (χ0n) is 10.8. The van der Waals surface area contributed by atoms with E-state index in [4.69, 9.17) is 0 Å². The maximum absolute atomic E-state index is 12.2. The van der Waals surface area contributed by atoms with Crippen LogP contribution < -0.4 is 5.32 Å². The number of hydrogen-bond acceptors (Lipinski definition) is 2. The summed E-state index contributed by atoms with van der Waals surface area (Å²) in [5, 5.41) is 12.2. The highest BCUT2D eigenvalue weighted by atomic mass is 16.3. The molecule has 3 heteroatoms. The number of carbonyl (C=O) groups is 1. The summed E-state index contributed by atoms with van der Waals surface area (Å²) >= 11 is 0. The molecule has 2 aromatic rings. The molecule has 0 aliphatic carbocycles. The molecule has 2 rings (SSSR count).